The van der Waals surface area contributed by atoms with Crippen molar-refractivity contribution >= 4 is 17.1 Å². The summed E-state index contributed by atoms with van der Waals surface area (Å²) in [5.74, 6) is 0. The molecule has 0 heterocycles. The number of benzene rings is 2. The molecule has 0 radical (unpaired) electrons. The van der Waals surface area contributed by atoms with Gasteiger partial charge in [0.15, 0.2) is 0 Å². The van der Waals surface area contributed by atoms with Crippen molar-refractivity contribution in [2.75, 3.05) is 17.6 Å². The molecule has 0 saturated heterocycles. The fourth-order valence-electron chi connectivity index (χ4n) is 1.92. The Morgan fingerprint density at radius 2 is 1.95 bits per heavy atom. The summed E-state index contributed by atoms with van der Waals surface area (Å²) in [6, 6.07) is 13.7. The van der Waals surface area contributed by atoms with Gasteiger partial charge < -0.3 is 11.1 Å². The van der Waals surface area contributed by atoms with Gasteiger partial charge in [0.2, 0.25) is 0 Å². The number of nitrogens with one attached hydrogen (secondary N) is 1. The summed E-state index contributed by atoms with van der Waals surface area (Å²) >= 11 is 0. The molecule has 0 aromatic heterocycles. The van der Waals surface area contributed by atoms with Crippen molar-refractivity contribution in [1.29, 1.82) is 5.26 Å². The van der Waals surface area contributed by atoms with Gasteiger partial charge in [-0.15, -0.1) is 0 Å². The average Bonchev–Trinajstić information content (AvgIpc) is 2.49. The number of nitrogens with zero attached hydrogens (tertiary/aromatic N) is 2. The minimum atomic E-state index is -0.515. The van der Waals surface area contributed by atoms with Crippen LogP contribution in [0, 0.1) is 21.4 Å². The van der Waals surface area contributed by atoms with Crippen molar-refractivity contribution in [2.24, 2.45) is 0 Å². The monoisotopic (exact) mass is 282 g/mol. The summed E-state index contributed by atoms with van der Waals surface area (Å²) in [4.78, 5) is 10.2. The van der Waals surface area contributed by atoms with Gasteiger partial charge in [-0.1, -0.05) is 12.1 Å². The van der Waals surface area contributed by atoms with Gasteiger partial charge in [-0.25, -0.2) is 0 Å². The van der Waals surface area contributed by atoms with Gasteiger partial charge in [0.05, 0.1) is 16.2 Å². The van der Waals surface area contributed by atoms with Gasteiger partial charge in [-0.2, -0.15) is 5.26 Å². The van der Waals surface area contributed by atoms with Gasteiger partial charge in [-0.05, 0) is 30.2 Å². The zero-order valence-electron chi connectivity index (χ0n) is 11.2. The second-order valence-corrected chi connectivity index (χ2v) is 4.52. The molecule has 0 fully saturated rings. The van der Waals surface area contributed by atoms with E-state index in [-0.39, 0.29) is 11.3 Å². The highest BCUT2D eigenvalue weighted by Crippen LogP contribution is 2.21. The number of non-ortho nitro benzene ring substituents is 1. The molecule has 0 amide bonds. The zero-order valence-corrected chi connectivity index (χ0v) is 11.2. The predicted octanol–water partition coefficient (Wildman–Crippen LogP) is 2.70. The smallest absolute Gasteiger partial charge is 0.270 e. The molecule has 2 rings (SSSR count). The minimum absolute atomic E-state index is 0.0874. The van der Waals surface area contributed by atoms with Gasteiger partial charge in [0.1, 0.15) is 6.07 Å². The Morgan fingerprint density at radius 1 is 1.24 bits per heavy atom. The van der Waals surface area contributed by atoms with Crippen LogP contribution in [0.2, 0.25) is 0 Å². The van der Waals surface area contributed by atoms with Gasteiger partial charge >= 0.3 is 0 Å². The summed E-state index contributed by atoms with van der Waals surface area (Å²) in [5, 5.41) is 22.8. The first-order valence-corrected chi connectivity index (χ1v) is 6.37. The third-order valence-electron chi connectivity index (χ3n) is 3.04. The van der Waals surface area contributed by atoms with Gasteiger partial charge in [0.25, 0.3) is 5.69 Å². The lowest BCUT2D eigenvalue weighted by molar-refractivity contribution is -0.384. The van der Waals surface area contributed by atoms with Crippen LogP contribution in [-0.4, -0.2) is 11.5 Å². The molecule has 3 N–H and O–H groups in total. The molecule has 0 aliphatic heterocycles. The molecule has 0 spiro atoms. The molecule has 6 heteroatoms. The zero-order chi connectivity index (χ0) is 15.2. The van der Waals surface area contributed by atoms with E-state index in [4.69, 9.17) is 11.0 Å². The molecular formula is C15H14N4O2. The van der Waals surface area contributed by atoms with E-state index in [2.05, 4.69) is 5.32 Å². The maximum Gasteiger partial charge on any atom is 0.270 e. The predicted molar refractivity (Wildman–Crippen MR) is 80.9 cm³/mol. The minimum Gasteiger partial charge on any atom is -0.399 e. The summed E-state index contributed by atoms with van der Waals surface area (Å²) in [7, 11) is 0. The lowest BCUT2D eigenvalue weighted by atomic mass is 10.1. The molecule has 0 aliphatic rings. The lowest BCUT2D eigenvalue weighted by Crippen LogP contribution is -2.06. The number of rotatable bonds is 5. The number of nitriles is 1. The molecule has 0 saturated carbocycles. The Kier molecular flexibility index (Phi) is 4.36. The van der Waals surface area contributed by atoms with Crippen LogP contribution < -0.4 is 11.1 Å². The Morgan fingerprint density at radius 3 is 2.57 bits per heavy atom. The van der Waals surface area contributed by atoms with Crippen LogP contribution in [-0.2, 0) is 6.42 Å². The fourth-order valence-corrected chi connectivity index (χ4v) is 1.92. The van der Waals surface area contributed by atoms with Crippen LogP contribution in [0.15, 0.2) is 42.5 Å². The highest BCUT2D eigenvalue weighted by atomic mass is 16.6. The molecule has 6 nitrogen and oxygen atoms in total. The maximum atomic E-state index is 10.7. The van der Waals surface area contributed by atoms with E-state index in [0.717, 1.165) is 12.0 Å². The van der Waals surface area contributed by atoms with Crippen molar-refractivity contribution < 1.29 is 4.92 Å². The van der Waals surface area contributed by atoms with Crippen LogP contribution in [0.1, 0.15) is 11.1 Å². The van der Waals surface area contributed by atoms with Gasteiger partial charge in [0, 0.05) is 24.4 Å². The molecule has 2 aromatic rings. The molecule has 0 aliphatic carbocycles. The van der Waals surface area contributed by atoms with Crippen molar-refractivity contribution in [3.8, 4) is 6.07 Å². The molecule has 106 valence electrons. The molecule has 0 atom stereocenters. The van der Waals surface area contributed by atoms with E-state index in [1.807, 2.05) is 30.3 Å². The number of nitro groups is 1. The fraction of sp³-hybridized carbons (Fsp3) is 0.133. The molecule has 2 aromatic carbocycles. The molecule has 21 heavy (non-hydrogen) atoms. The van der Waals surface area contributed by atoms with E-state index in [0.29, 0.717) is 17.9 Å². The first kappa shape index (κ1) is 14.3. The van der Waals surface area contributed by atoms with E-state index < -0.39 is 4.92 Å². The lowest BCUT2D eigenvalue weighted by Gasteiger charge is -2.08. The van der Waals surface area contributed by atoms with Crippen molar-refractivity contribution in [2.45, 2.75) is 6.42 Å². The summed E-state index contributed by atoms with van der Waals surface area (Å²) in [5.41, 5.74) is 8.23. The number of nitro benzene ring substituents is 1. The summed E-state index contributed by atoms with van der Waals surface area (Å²) < 4.78 is 0. The largest absolute Gasteiger partial charge is 0.399 e. The highest BCUT2D eigenvalue weighted by Gasteiger charge is 2.10. The summed E-state index contributed by atoms with van der Waals surface area (Å²) in [6.45, 7) is 0.621. The second kappa shape index (κ2) is 6.39. The highest BCUT2D eigenvalue weighted by molar-refractivity contribution is 5.61. The maximum absolute atomic E-state index is 10.7. The van der Waals surface area contributed by atoms with Crippen molar-refractivity contribution in [3.05, 3.63) is 63.7 Å². The number of nitrogens with two attached hydrogens (primary N) is 1. The van der Waals surface area contributed by atoms with Crippen LogP contribution in [0.4, 0.5) is 17.1 Å². The normalized spacial score (nSPS) is 9.86. The van der Waals surface area contributed by atoms with Crippen molar-refractivity contribution in [1.82, 2.24) is 0 Å². The molecule has 0 unspecified atom stereocenters. The Labute approximate surface area is 122 Å². The van der Waals surface area contributed by atoms with Crippen LogP contribution in [0.3, 0.4) is 0 Å². The Bertz CT molecular complexity index is 690. The number of hydrogen-bond acceptors (Lipinski definition) is 5. The third kappa shape index (κ3) is 3.70. The number of nitrogen functional groups attached to an aromatic ring is 1. The standard InChI is InChI=1S/C15H14N4O2/c16-10-12-9-14(19(20)21)5-6-15(12)18-8-7-11-1-3-13(17)4-2-11/h1-6,9,18H,7-8,17H2. The number of anilines is 2. The molecular weight excluding hydrogens is 268 g/mol. The SMILES string of the molecule is N#Cc1cc([N+](=O)[O-])ccc1NCCc1ccc(N)cc1. The van der Waals surface area contributed by atoms with E-state index >= 15 is 0 Å². The topological polar surface area (TPSA) is 105 Å². The average molecular weight is 282 g/mol. The summed E-state index contributed by atoms with van der Waals surface area (Å²) in [6.07, 6.45) is 0.766. The Hall–Kier alpha value is -3.07. The van der Waals surface area contributed by atoms with E-state index in [1.54, 1.807) is 6.07 Å². The first-order chi connectivity index (χ1) is 10.1. The van der Waals surface area contributed by atoms with Crippen molar-refractivity contribution in [3.63, 3.8) is 0 Å². The van der Waals surface area contributed by atoms with Gasteiger partial charge in [-0.3, -0.25) is 10.1 Å². The van der Waals surface area contributed by atoms with Crippen LogP contribution in [0.25, 0.3) is 0 Å². The van der Waals surface area contributed by atoms with Crippen LogP contribution in [0.5, 0.6) is 0 Å². The van der Waals surface area contributed by atoms with E-state index in [1.165, 1.54) is 12.1 Å². The van der Waals surface area contributed by atoms with E-state index in [9.17, 15) is 10.1 Å². The second-order valence-electron chi connectivity index (χ2n) is 4.52. The third-order valence-corrected chi connectivity index (χ3v) is 3.04. The Balaban J connectivity index is 2.01. The van der Waals surface area contributed by atoms with Crippen LogP contribution >= 0.6 is 0 Å². The molecule has 0 bridgehead atoms. The first-order valence-electron chi connectivity index (χ1n) is 6.37. The number of hydrogen-bond donors (Lipinski definition) is 2. The quantitative estimate of drug-likeness (QED) is 0.498.